The number of methoxy groups -OCH3 is 1. The highest BCUT2D eigenvalue weighted by atomic mass is 35.5. The van der Waals surface area contributed by atoms with Crippen molar-refractivity contribution in [3.05, 3.63) is 28.0 Å². The van der Waals surface area contributed by atoms with Crippen LogP contribution in [0.3, 0.4) is 0 Å². The molecular weight excluding hydrogens is 307 g/mol. The minimum Gasteiger partial charge on any atom is -0.467 e. The van der Waals surface area contributed by atoms with Crippen LogP contribution in [0.25, 0.3) is 0 Å². The quantitative estimate of drug-likeness (QED) is 0.609. The largest absolute Gasteiger partial charge is 0.467 e. The van der Waals surface area contributed by atoms with Crippen molar-refractivity contribution in [1.29, 1.82) is 0 Å². The van der Waals surface area contributed by atoms with E-state index in [1.54, 1.807) is 0 Å². The van der Waals surface area contributed by atoms with E-state index in [-0.39, 0.29) is 29.0 Å². The summed E-state index contributed by atoms with van der Waals surface area (Å²) in [5.74, 6) is -1.02. The van der Waals surface area contributed by atoms with Crippen LogP contribution in [0.2, 0.25) is 10.2 Å². The smallest absolute Gasteiger partial charge is 0.331 e. The van der Waals surface area contributed by atoms with Crippen molar-refractivity contribution in [1.82, 2.24) is 9.88 Å². The highest BCUT2D eigenvalue weighted by Crippen LogP contribution is 2.21. The summed E-state index contributed by atoms with van der Waals surface area (Å²) in [5.41, 5.74) is 0.00923. The van der Waals surface area contributed by atoms with E-state index < -0.39 is 17.9 Å². The van der Waals surface area contributed by atoms with Crippen LogP contribution < -0.4 is 0 Å². The summed E-state index contributed by atoms with van der Waals surface area (Å²) in [6, 6.07) is 2.16. The number of morpholine rings is 1. The molecule has 1 unspecified atom stereocenters. The molecule has 0 radical (unpaired) electrons. The van der Waals surface area contributed by atoms with Crippen LogP contribution in [0.4, 0.5) is 0 Å². The third-order valence-electron chi connectivity index (χ3n) is 2.88. The normalized spacial score (nSPS) is 18.8. The molecule has 0 saturated carbocycles. The zero-order chi connectivity index (χ0) is 14.7. The first-order chi connectivity index (χ1) is 9.54. The van der Waals surface area contributed by atoms with Gasteiger partial charge in [-0.15, -0.1) is 0 Å². The fourth-order valence-electron chi connectivity index (χ4n) is 1.88. The van der Waals surface area contributed by atoms with E-state index >= 15 is 0 Å². The second-order valence-corrected chi connectivity index (χ2v) is 4.87. The lowest BCUT2D eigenvalue weighted by Crippen LogP contribution is -2.53. The molecule has 8 heteroatoms. The van der Waals surface area contributed by atoms with Crippen molar-refractivity contribution in [2.45, 2.75) is 6.04 Å². The number of ether oxygens (including phenoxy) is 2. The molecule has 108 valence electrons. The molecule has 0 N–H and O–H groups in total. The molecule has 1 aromatic heterocycles. The number of carbonyl (C=O) groups excluding carboxylic acids is 2. The molecule has 1 saturated heterocycles. The fourth-order valence-corrected chi connectivity index (χ4v) is 2.22. The third kappa shape index (κ3) is 3.03. The average Bonchev–Trinajstić information content (AvgIpc) is 2.48. The minimum atomic E-state index is -0.807. The Hall–Kier alpha value is -1.37. The maximum Gasteiger partial charge on any atom is 0.331 e. The van der Waals surface area contributed by atoms with Crippen molar-refractivity contribution < 1.29 is 19.1 Å². The number of rotatable bonds is 2. The maximum absolute atomic E-state index is 12.5. The van der Waals surface area contributed by atoms with Gasteiger partial charge in [0.05, 0.1) is 25.3 Å². The minimum absolute atomic E-state index is 0.00923. The van der Waals surface area contributed by atoms with Crippen LogP contribution in [0.15, 0.2) is 12.1 Å². The molecule has 1 aromatic rings. The number of pyridine rings is 1. The molecule has 20 heavy (non-hydrogen) atoms. The van der Waals surface area contributed by atoms with Crippen molar-refractivity contribution in [2.75, 3.05) is 26.9 Å². The van der Waals surface area contributed by atoms with E-state index in [2.05, 4.69) is 9.72 Å². The number of hydrogen-bond donors (Lipinski definition) is 0. The van der Waals surface area contributed by atoms with Crippen LogP contribution in [0.1, 0.15) is 10.5 Å². The van der Waals surface area contributed by atoms with Gasteiger partial charge in [0, 0.05) is 6.54 Å². The Kier molecular flexibility index (Phi) is 4.80. The van der Waals surface area contributed by atoms with Gasteiger partial charge in [-0.2, -0.15) is 0 Å². The summed E-state index contributed by atoms with van der Waals surface area (Å²) in [5, 5.41) is 0.329. The van der Waals surface area contributed by atoms with E-state index in [4.69, 9.17) is 27.9 Å². The van der Waals surface area contributed by atoms with E-state index in [0.29, 0.717) is 6.61 Å². The highest BCUT2D eigenvalue weighted by molar-refractivity contribution is 6.34. The second kappa shape index (κ2) is 6.39. The molecule has 1 aliphatic heterocycles. The number of amides is 1. The van der Waals surface area contributed by atoms with Crippen molar-refractivity contribution in [3.63, 3.8) is 0 Å². The van der Waals surface area contributed by atoms with Gasteiger partial charge in [-0.25, -0.2) is 9.78 Å². The predicted molar refractivity (Wildman–Crippen MR) is 71.9 cm³/mol. The van der Waals surface area contributed by atoms with Crippen LogP contribution in [-0.4, -0.2) is 54.7 Å². The number of aromatic nitrogens is 1. The Morgan fingerprint density at radius 3 is 2.90 bits per heavy atom. The topological polar surface area (TPSA) is 68.7 Å². The molecule has 1 atom stereocenters. The Morgan fingerprint density at radius 1 is 1.45 bits per heavy atom. The lowest BCUT2D eigenvalue weighted by Gasteiger charge is -2.33. The van der Waals surface area contributed by atoms with E-state index in [1.807, 2.05) is 0 Å². The zero-order valence-electron chi connectivity index (χ0n) is 10.6. The Labute approximate surface area is 125 Å². The third-order valence-corrected chi connectivity index (χ3v) is 3.39. The lowest BCUT2D eigenvalue weighted by atomic mass is 10.2. The first-order valence-electron chi connectivity index (χ1n) is 5.83. The number of nitrogens with zero attached hydrogens (tertiary/aromatic N) is 2. The standard InChI is InChI=1S/C12H12Cl2N2O4/c1-19-12(18)8-6-20-5-4-16(8)11(17)10-7(13)2-3-9(14)15-10/h2-3,8H,4-6H2,1H3. The molecular formula is C12H12Cl2N2O4. The van der Waals surface area contributed by atoms with E-state index in [0.717, 1.165) is 0 Å². The number of esters is 1. The number of carbonyl (C=O) groups is 2. The fraction of sp³-hybridized carbons (Fsp3) is 0.417. The summed E-state index contributed by atoms with van der Waals surface area (Å²) in [6.07, 6.45) is 0. The van der Waals surface area contributed by atoms with Crippen molar-refractivity contribution in [2.24, 2.45) is 0 Å². The Balaban J connectivity index is 2.30. The molecule has 1 aliphatic rings. The van der Waals surface area contributed by atoms with Gasteiger partial charge in [0.1, 0.15) is 10.8 Å². The van der Waals surface area contributed by atoms with Gasteiger partial charge >= 0.3 is 5.97 Å². The van der Waals surface area contributed by atoms with E-state index in [9.17, 15) is 9.59 Å². The molecule has 0 aliphatic carbocycles. The van der Waals surface area contributed by atoms with Crippen molar-refractivity contribution >= 4 is 35.1 Å². The van der Waals surface area contributed by atoms with Crippen LogP contribution >= 0.6 is 23.2 Å². The summed E-state index contributed by atoms with van der Waals surface area (Å²) >= 11 is 11.7. The Bertz CT molecular complexity index is 538. The van der Waals surface area contributed by atoms with Crippen LogP contribution in [0, 0.1) is 0 Å². The molecule has 2 rings (SSSR count). The van der Waals surface area contributed by atoms with Gasteiger partial charge in [0.15, 0.2) is 6.04 Å². The monoisotopic (exact) mass is 318 g/mol. The molecule has 1 fully saturated rings. The van der Waals surface area contributed by atoms with Gasteiger partial charge in [-0.05, 0) is 12.1 Å². The molecule has 0 aromatic carbocycles. The molecule has 1 amide bonds. The molecule has 6 nitrogen and oxygen atoms in total. The zero-order valence-corrected chi connectivity index (χ0v) is 12.1. The summed E-state index contributed by atoms with van der Waals surface area (Å²) in [6.45, 7) is 0.664. The number of hydrogen-bond acceptors (Lipinski definition) is 5. The lowest BCUT2D eigenvalue weighted by molar-refractivity contribution is -0.151. The van der Waals surface area contributed by atoms with Gasteiger partial charge in [-0.3, -0.25) is 4.79 Å². The van der Waals surface area contributed by atoms with Gasteiger partial charge in [-0.1, -0.05) is 23.2 Å². The Morgan fingerprint density at radius 2 is 2.20 bits per heavy atom. The van der Waals surface area contributed by atoms with Crippen molar-refractivity contribution in [3.8, 4) is 0 Å². The first-order valence-corrected chi connectivity index (χ1v) is 6.58. The predicted octanol–water partition coefficient (Wildman–Crippen LogP) is 1.40. The number of halogens is 2. The summed E-state index contributed by atoms with van der Waals surface area (Å²) in [4.78, 5) is 29.4. The highest BCUT2D eigenvalue weighted by Gasteiger charge is 2.35. The van der Waals surface area contributed by atoms with Gasteiger partial charge in [0.25, 0.3) is 5.91 Å². The van der Waals surface area contributed by atoms with Crippen LogP contribution in [-0.2, 0) is 14.3 Å². The molecule has 0 spiro atoms. The molecule has 2 heterocycles. The summed E-state index contributed by atoms with van der Waals surface area (Å²) in [7, 11) is 1.25. The van der Waals surface area contributed by atoms with E-state index in [1.165, 1.54) is 24.1 Å². The SMILES string of the molecule is COC(=O)C1COCCN1C(=O)c1nc(Cl)ccc1Cl. The maximum atomic E-state index is 12.5. The first kappa shape index (κ1) is 15.0. The average molecular weight is 319 g/mol. The van der Waals surface area contributed by atoms with Crippen LogP contribution in [0.5, 0.6) is 0 Å². The van der Waals surface area contributed by atoms with Gasteiger partial charge < -0.3 is 14.4 Å². The summed E-state index contributed by atoms with van der Waals surface area (Å²) < 4.78 is 9.87. The second-order valence-electron chi connectivity index (χ2n) is 4.08. The molecule has 0 bridgehead atoms. The van der Waals surface area contributed by atoms with Gasteiger partial charge in [0.2, 0.25) is 0 Å².